The maximum absolute atomic E-state index is 13.5. The Morgan fingerprint density at radius 3 is 2.33 bits per heavy atom. The van der Waals surface area contributed by atoms with Gasteiger partial charge in [-0.15, -0.1) is 0 Å². The van der Waals surface area contributed by atoms with Crippen LogP contribution in [0.5, 0.6) is 17.2 Å². The summed E-state index contributed by atoms with van der Waals surface area (Å²) >= 11 is 0. The Kier molecular flexibility index (Phi) is 11.2. The van der Waals surface area contributed by atoms with Gasteiger partial charge in [-0.1, -0.05) is 36.4 Å². The Bertz CT molecular complexity index is 1320. The van der Waals surface area contributed by atoms with Gasteiger partial charge in [-0.05, 0) is 74.7 Å². The van der Waals surface area contributed by atoms with Gasteiger partial charge < -0.3 is 28.9 Å². The minimum atomic E-state index is -0.181. The van der Waals surface area contributed by atoms with Crippen molar-refractivity contribution in [1.29, 1.82) is 0 Å². The number of rotatable bonds is 13. The molecule has 0 bridgehead atoms. The number of carbonyl (C=O) groups excluding carboxylic acids is 2. The number of nitrogens with zero attached hydrogens (tertiary/aromatic N) is 3. The highest BCUT2D eigenvalue weighted by atomic mass is 16.5. The number of likely N-dealkylation sites (N-methyl/N-ethyl adjacent to an activating group) is 1. The van der Waals surface area contributed by atoms with Crippen LogP contribution in [0, 0.1) is 6.92 Å². The van der Waals surface area contributed by atoms with E-state index in [1.54, 1.807) is 37.3 Å². The van der Waals surface area contributed by atoms with Crippen molar-refractivity contribution in [3.05, 3.63) is 83.4 Å². The summed E-state index contributed by atoms with van der Waals surface area (Å²) in [6.07, 6.45) is 3.17. The van der Waals surface area contributed by atoms with E-state index in [0.29, 0.717) is 48.1 Å². The number of hydrogen-bond acceptors (Lipinski definition) is 6. The van der Waals surface area contributed by atoms with Gasteiger partial charge in [0.15, 0.2) is 11.5 Å². The van der Waals surface area contributed by atoms with Crippen LogP contribution < -0.4 is 19.1 Å². The molecule has 0 spiro atoms. The minimum Gasteiger partial charge on any atom is -0.493 e. The van der Waals surface area contributed by atoms with Crippen molar-refractivity contribution in [2.75, 3.05) is 58.9 Å². The van der Waals surface area contributed by atoms with Crippen LogP contribution in [0.15, 0.2) is 66.7 Å². The maximum Gasteiger partial charge on any atom is 0.258 e. The van der Waals surface area contributed by atoms with Gasteiger partial charge >= 0.3 is 0 Å². The highest BCUT2D eigenvalue weighted by Crippen LogP contribution is 2.33. The molecule has 1 heterocycles. The predicted molar refractivity (Wildman–Crippen MR) is 166 cm³/mol. The first-order valence-corrected chi connectivity index (χ1v) is 14.7. The maximum atomic E-state index is 13.5. The number of benzene rings is 3. The van der Waals surface area contributed by atoms with Crippen LogP contribution >= 0.6 is 0 Å². The molecule has 0 unspecified atom stereocenters. The van der Waals surface area contributed by atoms with E-state index in [0.717, 1.165) is 56.6 Å². The summed E-state index contributed by atoms with van der Waals surface area (Å²) in [5.74, 6) is 1.80. The number of amides is 2. The molecule has 4 rings (SSSR count). The SMILES string of the molecule is COc1cc(C(=O)N(C)c2ccc(C)cc2OCCCCCC(=O)N2CCN(C)CC2)ccc1OCc1ccccc1. The molecule has 1 fully saturated rings. The first kappa shape index (κ1) is 30.9. The first-order chi connectivity index (χ1) is 20.4. The lowest BCUT2D eigenvalue weighted by atomic mass is 10.1. The number of piperazine rings is 1. The second kappa shape index (κ2) is 15.3. The molecule has 3 aromatic carbocycles. The van der Waals surface area contributed by atoms with E-state index in [1.165, 1.54) is 0 Å². The molecule has 0 radical (unpaired) electrons. The Morgan fingerprint density at radius 1 is 0.833 bits per heavy atom. The fraction of sp³-hybridized carbons (Fsp3) is 0.412. The molecular weight excluding hydrogens is 530 g/mol. The molecule has 0 aliphatic carbocycles. The summed E-state index contributed by atoms with van der Waals surface area (Å²) in [5, 5.41) is 0. The average Bonchev–Trinajstić information content (AvgIpc) is 3.01. The molecule has 0 atom stereocenters. The minimum absolute atomic E-state index is 0.181. The van der Waals surface area contributed by atoms with Crippen LogP contribution in [-0.4, -0.2) is 75.6 Å². The van der Waals surface area contributed by atoms with Gasteiger partial charge in [0.2, 0.25) is 5.91 Å². The van der Waals surface area contributed by atoms with Crippen molar-refractivity contribution in [2.45, 2.75) is 39.2 Å². The molecule has 1 saturated heterocycles. The van der Waals surface area contributed by atoms with E-state index < -0.39 is 0 Å². The Morgan fingerprint density at radius 2 is 1.60 bits per heavy atom. The predicted octanol–water partition coefficient (Wildman–Crippen LogP) is 5.57. The Hall–Kier alpha value is -4.04. The molecular formula is C34H43N3O5. The molecule has 8 nitrogen and oxygen atoms in total. The fourth-order valence-corrected chi connectivity index (χ4v) is 4.92. The molecule has 42 heavy (non-hydrogen) atoms. The van der Waals surface area contributed by atoms with Gasteiger partial charge in [0, 0.05) is 45.2 Å². The molecule has 3 aromatic rings. The summed E-state index contributed by atoms with van der Waals surface area (Å²) in [6, 6.07) is 20.9. The number of hydrogen-bond donors (Lipinski definition) is 0. The van der Waals surface area contributed by atoms with E-state index in [4.69, 9.17) is 14.2 Å². The summed E-state index contributed by atoms with van der Waals surface area (Å²) in [7, 11) is 5.40. The lowest BCUT2D eigenvalue weighted by molar-refractivity contribution is -0.132. The zero-order valence-corrected chi connectivity index (χ0v) is 25.3. The topological polar surface area (TPSA) is 71.5 Å². The van der Waals surface area contributed by atoms with Gasteiger partial charge in [0.25, 0.3) is 5.91 Å². The number of methoxy groups -OCH3 is 1. The molecule has 224 valence electrons. The number of aryl methyl sites for hydroxylation is 1. The second-order valence-corrected chi connectivity index (χ2v) is 10.8. The monoisotopic (exact) mass is 573 g/mol. The van der Waals surface area contributed by atoms with Crippen molar-refractivity contribution < 1.29 is 23.8 Å². The average molecular weight is 574 g/mol. The third-order valence-electron chi connectivity index (χ3n) is 7.58. The first-order valence-electron chi connectivity index (χ1n) is 14.7. The van der Waals surface area contributed by atoms with Crippen molar-refractivity contribution >= 4 is 17.5 Å². The van der Waals surface area contributed by atoms with E-state index in [1.807, 2.05) is 60.4 Å². The van der Waals surface area contributed by atoms with E-state index in [-0.39, 0.29) is 11.8 Å². The number of unbranched alkanes of at least 4 members (excludes halogenated alkanes) is 2. The third-order valence-corrected chi connectivity index (χ3v) is 7.58. The summed E-state index contributed by atoms with van der Waals surface area (Å²) in [4.78, 5) is 31.8. The number of carbonyl (C=O) groups is 2. The van der Waals surface area contributed by atoms with Crippen LogP contribution in [0.1, 0.15) is 47.2 Å². The molecule has 2 amide bonds. The van der Waals surface area contributed by atoms with Crippen LogP contribution in [-0.2, 0) is 11.4 Å². The summed E-state index contributed by atoms with van der Waals surface area (Å²) in [6.45, 7) is 6.44. The van der Waals surface area contributed by atoms with Crippen LogP contribution in [0.3, 0.4) is 0 Å². The molecule has 0 saturated carbocycles. The van der Waals surface area contributed by atoms with E-state index >= 15 is 0 Å². The lowest BCUT2D eigenvalue weighted by Gasteiger charge is -2.32. The van der Waals surface area contributed by atoms with Crippen LogP contribution in [0.2, 0.25) is 0 Å². The summed E-state index contributed by atoms with van der Waals surface area (Å²) in [5.41, 5.74) is 3.27. The Balaban J connectivity index is 1.31. The van der Waals surface area contributed by atoms with Gasteiger partial charge in [0.1, 0.15) is 12.4 Å². The van der Waals surface area contributed by atoms with Crippen molar-refractivity contribution in [1.82, 2.24) is 9.80 Å². The zero-order valence-electron chi connectivity index (χ0n) is 25.3. The molecule has 8 heteroatoms. The normalized spacial score (nSPS) is 13.5. The smallest absolute Gasteiger partial charge is 0.258 e. The van der Waals surface area contributed by atoms with Gasteiger partial charge in [-0.2, -0.15) is 0 Å². The van der Waals surface area contributed by atoms with E-state index in [2.05, 4.69) is 11.9 Å². The fourth-order valence-electron chi connectivity index (χ4n) is 4.92. The number of anilines is 1. The largest absolute Gasteiger partial charge is 0.493 e. The van der Waals surface area contributed by atoms with Gasteiger partial charge in [-0.25, -0.2) is 0 Å². The molecule has 0 aromatic heterocycles. The zero-order chi connectivity index (χ0) is 29.9. The highest BCUT2D eigenvalue weighted by Gasteiger charge is 2.20. The quantitative estimate of drug-likeness (QED) is 0.249. The third kappa shape index (κ3) is 8.49. The summed E-state index contributed by atoms with van der Waals surface area (Å²) < 4.78 is 17.7. The molecule has 0 N–H and O–H groups in total. The standard InChI is InChI=1S/C34H43N3O5/c1-26-14-16-29(31(23-26)41-22-10-6-9-13-33(38)37-20-18-35(2)19-21-37)36(3)34(39)28-15-17-30(32(24-28)40-4)42-25-27-11-7-5-8-12-27/h5,7-8,11-12,14-17,23-24H,6,9-10,13,18-22,25H2,1-4H3. The van der Waals surface area contributed by atoms with E-state index in [9.17, 15) is 9.59 Å². The van der Waals surface area contributed by atoms with Crippen LogP contribution in [0.4, 0.5) is 5.69 Å². The van der Waals surface area contributed by atoms with Crippen molar-refractivity contribution in [3.63, 3.8) is 0 Å². The van der Waals surface area contributed by atoms with Crippen molar-refractivity contribution in [3.8, 4) is 17.2 Å². The van der Waals surface area contributed by atoms with Crippen LogP contribution in [0.25, 0.3) is 0 Å². The van der Waals surface area contributed by atoms with Gasteiger partial charge in [-0.3, -0.25) is 9.59 Å². The second-order valence-electron chi connectivity index (χ2n) is 10.8. The Labute approximate surface area is 249 Å². The van der Waals surface area contributed by atoms with Crippen molar-refractivity contribution in [2.24, 2.45) is 0 Å². The lowest BCUT2D eigenvalue weighted by Crippen LogP contribution is -2.47. The number of ether oxygens (including phenoxy) is 3. The highest BCUT2D eigenvalue weighted by molar-refractivity contribution is 6.06. The molecule has 1 aliphatic rings. The van der Waals surface area contributed by atoms with Gasteiger partial charge in [0.05, 0.1) is 19.4 Å². The molecule has 1 aliphatic heterocycles.